The summed E-state index contributed by atoms with van der Waals surface area (Å²) in [6.45, 7) is 8.51. The van der Waals surface area contributed by atoms with Crippen molar-refractivity contribution in [1.82, 2.24) is 14.9 Å². The molecule has 25 heavy (non-hydrogen) atoms. The second-order valence-electron chi connectivity index (χ2n) is 6.41. The Kier molecular flexibility index (Phi) is 4.70. The number of carbonyl (C=O) groups is 1. The van der Waals surface area contributed by atoms with Crippen LogP contribution in [0.25, 0.3) is 5.69 Å². The molecule has 1 aromatic heterocycles. The molecule has 0 unspecified atom stereocenters. The summed E-state index contributed by atoms with van der Waals surface area (Å²) in [6.07, 6.45) is 3.71. The first-order chi connectivity index (χ1) is 12.0. The van der Waals surface area contributed by atoms with Crippen LogP contribution in [0.4, 0.5) is 0 Å². The van der Waals surface area contributed by atoms with Gasteiger partial charge in [0.15, 0.2) is 0 Å². The highest BCUT2D eigenvalue weighted by molar-refractivity contribution is 5.95. The van der Waals surface area contributed by atoms with Crippen LogP contribution in [0.15, 0.2) is 48.8 Å². The fourth-order valence-electron chi connectivity index (χ4n) is 3.00. The predicted octanol–water partition coefficient (Wildman–Crippen LogP) is 4.04. The minimum atomic E-state index is -0.0437. The molecule has 0 saturated carbocycles. The van der Waals surface area contributed by atoms with Crippen molar-refractivity contribution in [3.8, 4) is 5.69 Å². The van der Waals surface area contributed by atoms with Gasteiger partial charge in [0.2, 0.25) is 0 Å². The lowest BCUT2D eigenvalue weighted by Gasteiger charge is -2.14. The number of nitrogens with zero attached hydrogens (tertiary/aromatic N) is 2. The molecule has 0 aliphatic carbocycles. The van der Waals surface area contributed by atoms with Gasteiger partial charge in [-0.15, -0.1) is 0 Å². The summed E-state index contributed by atoms with van der Waals surface area (Å²) < 4.78 is 2.03. The number of nitrogens with one attached hydrogen (secondary N) is 1. The predicted molar refractivity (Wildman–Crippen MR) is 100 cm³/mol. The molecule has 0 aliphatic heterocycles. The highest BCUT2D eigenvalue weighted by Gasteiger charge is 2.12. The summed E-state index contributed by atoms with van der Waals surface area (Å²) in [5, 5.41) is 3.05. The molecule has 3 rings (SSSR count). The Morgan fingerprint density at radius 2 is 1.76 bits per heavy atom. The smallest absolute Gasteiger partial charge is 0.251 e. The Labute approximate surface area is 148 Å². The molecule has 0 spiro atoms. The number of rotatable bonds is 4. The second kappa shape index (κ2) is 6.93. The van der Waals surface area contributed by atoms with Gasteiger partial charge in [0.25, 0.3) is 5.91 Å². The standard InChI is InChI=1S/C21H23N3O/c1-14-11-16(3)19(12-15(14)2)21(25)23-13-18-7-5-6-8-20(18)24-10-9-22-17(24)4/h5-12H,13H2,1-4H3,(H,23,25). The van der Waals surface area contributed by atoms with Crippen LogP contribution in [0.2, 0.25) is 0 Å². The van der Waals surface area contributed by atoms with E-state index in [9.17, 15) is 4.79 Å². The SMILES string of the molecule is Cc1cc(C)c(C(=O)NCc2ccccc2-n2ccnc2C)cc1C. The van der Waals surface area contributed by atoms with E-state index in [0.29, 0.717) is 6.54 Å². The number of imidazole rings is 1. The third kappa shape index (κ3) is 3.48. The molecule has 0 aliphatic rings. The van der Waals surface area contributed by atoms with Gasteiger partial charge in [-0.05, 0) is 62.1 Å². The highest BCUT2D eigenvalue weighted by atomic mass is 16.1. The summed E-state index contributed by atoms with van der Waals surface area (Å²) in [6, 6.07) is 12.1. The molecule has 4 nitrogen and oxygen atoms in total. The van der Waals surface area contributed by atoms with Crippen molar-refractivity contribution < 1.29 is 4.79 Å². The maximum Gasteiger partial charge on any atom is 0.251 e. The molecule has 128 valence electrons. The van der Waals surface area contributed by atoms with Gasteiger partial charge in [0.05, 0.1) is 5.69 Å². The van der Waals surface area contributed by atoms with E-state index >= 15 is 0 Å². The monoisotopic (exact) mass is 333 g/mol. The van der Waals surface area contributed by atoms with E-state index in [1.54, 1.807) is 6.20 Å². The van der Waals surface area contributed by atoms with E-state index in [-0.39, 0.29) is 5.91 Å². The van der Waals surface area contributed by atoms with Gasteiger partial charge in [-0.2, -0.15) is 0 Å². The normalized spacial score (nSPS) is 10.7. The zero-order valence-electron chi connectivity index (χ0n) is 15.1. The molecular formula is C21H23N3O. The average molecular weight is 333 g/mol. The van der Waals surface area contributed by atoms with E-state index in [0.717, 1.165) is 33.8 Å². The van der Waals surface area contributed by atoms with Crippen molar-refractivity contribution in [2.45, 2.75) is 34.2 Å². The molecule has 0 saturated heterocycles. The maximum atomic E-state index is 12.6. The van der Waals surface area contributed by atoms with Gasteiger partial charge in [0.1, 0.15) is 5.82 Å². The van der Waals surface area contributed by atoms with E-state index in [1.165, 1.54) is 5.56 Å². The van der Waals surface area contributed by atoms with Gasteiger partial charge in [0, 0.05) is 24.5 Å². The Morgan fingerprint density at radius 3 is 2.48 bits per heavy atom. The van der Waals surface area contributed by atoms with Crippen LogP contribution >= 0.6 is 0 Å². The number of hydrogen-bond acceptors (Lipinski definition) is 2. The Hall–Kier alpha value is -2.88. The number of amides is 1. The number of para-hydroxylation sites is 1. The van der Waals surface area contributed by atoms with Crippen LogP contribution in [-0.2, 0) is 6.54 Å². The van der Waals surface area contributed by atoms with E-state index in [4.69, 9.17) is 0 Å². The van der Waals surface area contributed by atoms with Crippen molar-refractivity contribution in [1.29, 1.82) is 0 Å². The molecule has 0 fully saturated rings. The van der Waals surface area contributed by atoms with Crippen molar-refractivity contribution in [2.75, 3.05) is 0 Å². The molecule has 1 N–H and O–H groups in total. The first kappa shape index (κ1) is 17.0. The summed E-state index contributed by atoms with van der Waals surface area (Å²) in [5.74, 6) is 0.876. The largest absolute Gasteiger partial charge is 0.348 e. The second-order valence-corrected chi connectivity index (χ2v) is 6.41. The van der Waals surface area contributed by atoms with E-state index in [2.05, 4.69) is 23.3 Å². The maximum absolute atomic E-state index is 12.6. The fraction of sp³-hybridized carbons (Fsp3) is 0.238. The number of carbonyl (C=O) groups excluding carboxylic acids is 1. The molecule has 0 bridgehead atoms. The minimum absolute atomic E-state index is 0.0437. The van der Waals surface area contributed by atoms with E-state index in [1.807, 2.05) is 61.9 Å². The quantitative estimate of drug-likeness (QED) is 0.783. The zero-order chi connectivity index (χ0) is 18.0. The lowest BCUT2D eigenvalue weighted by molar-refractivity contribution is 0.0950. The first-order valence-electron chi connectivity index (χ1n) is 8.41. The molecule has 0 radical (unpaired) electrons. The molecule has 0 atom stereocenters. The third-order valence-corrected chi connectivity index (χ3v) is 4.60. The topological polar surface area (TPSA) is 46.9 Å². The highest BCUT2D eigenvalue weighted by Crippen LogP contribution is 2.18. The summed E-state index contributed by atoms with van der Waals surface area (Å²) in [5.41, 5.74) is 6.16. The lowest BCUT2D eigenvalue weighted by atomic mass is 10.0. The summed E-state index contributed by atoms with van der Waals surface area (Å²) in [4.78, 5) is 16.9. The molecule has 1 amide bonds. The van der Waals surface area contributed by atoms with Crippen molar-refractivity contribution in [3.05, 3.63) is 82.4 Å². The fourth-order valence-corrected chi connectivity index (χ4v) is 3.00. The van der Waals surface area contributed by atoms with Crippen LogP contribution in [0.1, 0.15) is 38.4 Å². The molecule has 4 heteroatoms. The molecule has 3 aromatic rings. The van der Waals surface area contributed by atoms with Crippen LogP contribution in [0, 0.1) is 27.7 Å². The van der Waals surface area contributed by atoms with Crippen molar-refractivity contribution in [3.63, 3.8) is 0 Å². The zero-order valence-corrected chi connectivity index (χ0v) is 15.1. The number of benzene rings is 2. The summed E-state index contributed by atoms with van der Waals surface area (Å²) in [7, 11) is 0. The van der Waals surface area contributed by atoms with Gasteiger partial charge in [-0.3, -0.25) is 4.79 Å². The van der Waals surface area contributed by atoms with Crippen molar-refractivity contribution >= 4 is 5.91 Å². The van der Waals surface area contributed by atoms with Crippen molar-refractivity contribution in [2.24, 2.45) is 0 Å². The third-order valence-electron chi connectivity index (χ3n) is 4.60. The molecule has 1 heterocycles. The van der Waals surface area contributed by atoms with Crippen LogP contribution in [0.5, 0.6) is 0 Å². The number of aromatic nitrogens is 2. The lowest BCUT2D eigenvalue weighted by Crippen LogP contribution is -2.24. The number of aryl methyl sites for hydroxylation is 4. The van der Waals surface area contributed by atoms with Crippen LogP contribution < -0.4 is 5.32 Å². The van der Waals surface area contributed by atoms with Crippen LogP contribution in [-0.4, -0.2) is 15.5 Å². The first-order valence-corrected chi connectivity index (χ1v) is 8.41. The molecule has 2 aromatic carbocycles. The minimum Gasteiger partial charge on any atom is -0.348 e. The van der Waals surface area contributed by atoms with Gasteiger partial charge >= 0.3 is 0 Å². The number of hydrogen-bond donors (Lipinski definition) is 1. The Balaban J connectivity index is 1.82. The molecular weight excluding hydrogens is 310 g/mol. The van der Waals surface area contributed by atoms with Crippen LogP contribution in [0.3, 0.4) is 0 Å². The Morgan fingerprint density at radius 1 is 1.04 bits per heavy atom. The summed E-state index contributed by atoms with van der Waals surface area (Å²) >= 11 is 0. The van der Waals surface area contributed by atoms with E-state index < -0.39 is 0 Å². The van der Waals surface area contributed by atoms with Gasteiger partial charge < -0.3 is 9.88 Å². The van der Waals surface area contributed by atoms with Gasteiger partial charge in [-0.1, -0.05) is 24.3 Å². The Bertz CT molecular complexity index is 925. The average Bonchev–Trinajstić information content (AvgIpc) is 3.02. The van der Waals surface area contributed by atoms with Gasteiger partial charge in [-0.25, -0.2) is 4.98 Å².